The van der Waals surface area contributed by atoms with Crippen LogP contribution in [0, 0.1) is 0 Å². The Balaban J connectivity index is 0.00000420. The van der Waals surface area contributed by atoms with Crippen LogP contribution in [0.4, 0.5) is 0 Å². The summed E-state index contributed by atoms with van der Waals surface area (Å²) < 4.78 is 11.1. The highest BCUT2D eigenvalue weighted by Gasteiger charge is 2.15. The molecule has 0 saturated carbocycles. The van der Waals surface area contributed by atoms with Crippen molar-refractivity contribution in [3.05, 3.63) is 35.4 Å². The van der Waals surface area contributed by atoms with Gasteiger partial charge in [-0.15, -0.1) is 24.0 Å². The largest absolute Gasteiger partial charge is 0.379 e. The summed E-state index contributed by atoms with van der Waals surface area (Å²) in [5, 5.41) is 6.72. The van der Waals surface area contributed by atoms with Crippen molar-refractivity contribution in [2.75, 3.05) is 46.0 Å². The van der Waals surface area contributed by atoms with Gasteiger partial charge in [0.15, 0.2) is 5.96 Å². The molecule has 6 nitrogen and oxygen atoms in total. The van der Waals surface area contributed by atoms with Crippen molar-refractivity contribution >= 4 is 29.9 Å². The Morgan fingerprint density at radius 3 is 2.69 bits per heavy atom. The molecule has 0 aromatic heterocycles. The van der Waals surface area contributed by atoms with Crippen molar-refractivity contribution in [3.63, 3.8) is 0 Å². The molecule has 1 saturated heterocycles. The van der Waals surface area contributed by atoms with Crippen molar-refractivity contribution < 1.29 is 9.47 Å². The minimum Gasteiger partial charge on any atom is -0.379 e. The molecule has 1 heterocycles. The van der Waals surface area contributed by atoms with Gasteiger partial charge in [-0.3, -0.25) is 4.90 Å². The smallest absolute Gasteiger partial charge is 0.191 e. The Morgan fingerprint density at radius 2 is 2.00 bits per heavy atom. The molecule has 0 amide bonds. The van der Waals surface area contributed by atoms with E-state index in [0.717, 1.165) is 71.3 Å². The molecule has 1 unspecified atom stereocenters. The average Bonchev–Trinajstić information content (AvgIpc) is 3.23. The summed E-state index contributed by atoms with van der Waals surface area (Å²) in [5.74, 6) is 0.862. The summed E-state index contributed by atoms with van der Waals surface area (Å²) in [6, 6.07) is 8.75. The molecular weight excluding hydrogens is 479 g/mol. The second-order valence-electron chi connectivity index (χ2n) is 7.11. The van der Waals surface area contributed by atoms with E-state index in [9.17, 15) is 0 Å². The Bertz CT molecular complexity index is 576. The van der Waals surface area contributed by atoms with E-state index in [2.05, 4.69) is 60.6 Å². The summed E-state index contributed by atoms with van der Waals surface area (Å²) in [5.41, 5.74) is 2.59. The highest BCUT2D eigenvalue weighted by atomic mass is 127. The van der Waals surface area contributed by atoms with E-state index in [-0.39, 0.29) is 30.1 Å². The molecule has 0 spiro atoms. The van der Waals surface area contributed by atoms with Crippen LogP contribution >= 0.6 is 24.0 Å². The fourth-order valence-corrected chi connectivity index (χ4v) is 3.22. The van der Waals surface area contributed by atoms with E-state index in [1.807, 2.05) is 0 Å². The van der Waals surface area contributed by atoms with E-state index in [1.54, 1.807) is 0 Å². The number of ether oxygens (including phenoxy) is 2. The monoisotopic (exact) mass is 518 g/mol. The van der Waals surface area contributed by atoms with Crippen molar-refractivity contribution in [3.8, 4) is 0 Å². The molecule has 166 valence electrons. The van der Waals surface area contributed by atoms with Gasteiger partial charge >= 0.3 is 0 Å². The fraction of sp³-hybridized carbons (Fsp3) is 0.682. The fourth-order valence-electron chi connectivity index (χ4n) is 3.22. The van der Waals surface area contributed by atoms with Gasteiger partial charge in [0.1, 0.15) is 0 Å². The van der Waals surface area contributed by atoms with Gasteiger partial charge in [-0.05, 0) is 44.0 Å². The van der Waals surface area contributed by atoms with Crippen LogP contribution < -0.4 is 10.6 Å². The normalized spacial score (nSPS) is 16.7. The van der Waals surface area contributed by atoms with Gasteiger partial charge in [-0.2, -0.15) is 0 Å². The lowest BCUT2D eigenvalue weighted by atomic mass is 10.1. The Morgan fingerprint density at radius 1 is 1.21 bits per heavy atom. The molecule has 0 bridgehead atoms. The van der Waals surface area contributed by atoms with Gasteiger partial charge < -0.3 is 20.1 Å². The van der Waals surface area contributed by atoms with Crippen LogP contribution in [-0.2, 0) is 22.6 Å². The zero-order valence-electron chi connectivity index (χ0n) is 18.3. The van der Waals surface area contributed by atoms with Crippen LogP contribution in [0.25, 0.3) is 0 Å². The van der Waals surface area contributed by atoms with E-state index in [1.165, 1.54) is 11.1 Å². The molecule has 0 aliphatic carbocycles. The Hall–Kier alpha value is -0.900. The maximum atomic E-state index is 5.81. The maximum absolute atomic E-state index is 5.81. The standard InChI is InChI=1S/C22H38N4O2.HI/c1-4-23-22(24-12-8-13-28-21-11-14-27-18-21)25-16-19-9-7-10-20(15-19)17-26(5-2)6-3;/h7,9-10,15,21H,4-6,8,11-14,16-18H2,1-3H3,(H2,23,24,25);1H. The zero-order chi connectivity index (χ0) is 20.0. The minimum absolute atomic E-state index is 0. The number of guanidine groups is 1. The summed E-state index contributed by atoms with van der Waals surface area (Å²) in [4.78, 5) is 7.16. The molecule has 1 aromatic rings. The second-order valence-corrected chi connectivity index (χ2v) is 7.11. The third-order valence-electron chi connectivity index (χ3n) is 4.91. The van der Waals surface area contributed by atoms with Gasteiger partial charge in [0.05, 0.1) is 19.3 Å². The summed E-state index contributed by atoms with van der Waals surface area (Å²) >= 11 is 0. The van der Waals surface area contributed by atoms with Crippen molar-refractivity contribution in [1.29, 1.82) is 0 Å². The van der Waals surface area contributed by atoms with E-state index >= 15 is 0 Å². The number of nitrogens with one attached hydrogen (secondary N) is 2. The van der Waals surface area contributed by atoms with Crippen molar-refractivity contribution in [2.45, 2.75) is 52.8 Å². The van der Waals surface area contributed by atoms with Crippen LogP contribution in [0.5, 0.6) is 0 Å². The van der Waals surface area contributed by atoms with Crippen molar-refractivity contribution in [2.24, 2.45) is 4.99 Å². The van der Waals surface area contributed by atoms with E-state index < -0.39 is 0 Å². The topological polar surface area (TPSA) is 58.1 Å². The summed E-state index contributed by atoms with van der Waals surface area (Å²) in [6.07, 6.45) is 2.26. The molecule has 2 N–H and O–H groups in total. The molecule has 1 atom stereocenters. The van der Waals surface area contributed by atoms with Crippen molar-refractivity contribution in [1.82, 2.24) is 15.5 Å². The molecule has 29 heavy (non-hydrogen) atoms. The SMILES string of the molecule is CCNC(=NCc1cccc(CN(CC)CC)c1)NCCCOC1CCOC1.I. The first kappa shape index (κ1) is 26.1. The third kappa shape index (κ3) is 10.6. The lowest BCUT2D eigenvalue weighted by molar-refractivity contribution is 0.0420. The highest BCUT2D eigenvalue weighted by molar-refractivity contribution is 14.0. The quantitative estimate of drug-likeness (QED) is 0.192. The molecule has 1 aromatic carbocycles. The molecule has 2 rings (SSSR count). The first-order valence-electron chi connectivity index (χ1n) is 10.8. The molecule has 1 fully saturated rings. The number of hydrogen-bond donors (Lipinski definition) is 2. The minimum atomic E-state index is 0. The van der Waals surface area contributed by atoms with Gasteiger partial charge in [0, 0.05) is 32.8 Å². The number of rotatable bonds is 12. The maximum Gasteiger partial charge on any atom is 0.191 e. The first-order valence-corrected chi connectivity index (χ1v) is 10.8. The van der Waals surface area contributed by atoms with Crippen LogP contribution in [0.15, 0.2) is 29.3 Å². The van der Waals surface area contributed by atoms with Gasteiger partial charge in [0.2, 0.25) is 0 Å². The lowest BCUT2D eigenvalue weighted by Crippen LogP contribution is -2.38. The van der Waals surface area contributed by atoms with Crippen LogP contribution in [0.2, 0.25) is 0 Å². The zero-order valence-corrected chi connectivity index (χ0v) is 20.6. The predicted molar refractivity (Wildman–Crippen MR) is 131 cm³/mol. The molecule has 0 radical (unpaired) electrons. The molecule has 7 heteroatoms. The third-order valence-corrected chi connectivity index (χ3v) is 4.91. The number of benzene rings is 1. The number of halogens is 1. The van der Waals surface area contributed by atoms with E-state index in [4.69, 9.17) is 14.5 Å². The summed E-state index contributed by atoms with van der Waals surface area (Å²) in [7, 11) is 0. The molecular formula is C22H39IN4O2. The van der Waals surface area contributed by atoms with Gasteiger partial charge in [-0.25, -0.2) is 4.99 Å². The number of aliphatic imine (C=N–C) groups is 1. The first-order chi connectivity index (χ1) is 13.7. The van der Waals surface area contributed by atoms with Crippen LogP contribution in [-0.4, -0.2) is 63.0 Å². The van der Waals surface area contributed by atoms with Gasteiger partial charge in [0.25, 0.3) is 0 Å². The summed E-state index contributed by atoms with van der Waals surface area (Å²) in [6.45, 7) is 14.4. The van der Waals surface area contributed by atoms with Gasteiger partial charge in [-0.1, -0.05) is 38.1 Å². The average molecular weight is 518 g/mol. The molecule has 1 aliphatic rings. The molecule has 1 aliphatic heterocycles. The predicted octanol–water partition coefficient (Wildman–Crippen LogP) is 3.40. The second kappa shape index (κ2) is 15.9. The Labute approximate surface area is 193 Å². The lowest BCUT2D eigenvalue weighted by Gasteiger charge is -2.18. The van der Waals surface area contributed by atoms with Crippen LogP contribution in [0.1, 0.15) is 44.7 Å². The Kier molecular flexibility index (Phi) is 14.3. The number of hydrogen-bond acceptors (Lipinski definition) is 4. The highest BCUT2D eigenvalue weighted by Crippen LogP contribution is 2.10. The number of nitrogens with zero attached hydrogens (tertiary/aromatic N) is 2. The van der Waals surface area contributed by atoms with Crippen LogP contribution in [0.3, 0.4) is 0 Å². The van der Waals surface area contributed by atoms with E-state index in [0.29, 0.717) is 6.54 Å².